The summed E-state index contributed by atoms with van der Waals surface area (Å²) in [7, 11) is 3.27. The van der Waals surface area contributed by atoms with Crippen LogP contribution in [0.5, 0.6) is 11.5 Å². The fourth-order valence-corrected chi connectivity index (χ4v) is 2.35. The molecule has 0 aromatic heterocycles. The molecule has 112 valence electrons. The second-order valence-corrected chi connectivity index (χ2v) is 4.92. The van der Waals surface area contributed by atoms with E-state index < -0.39 is 0 Å². The lowest BCUT2D eigenvalue weighted by molar-refractivity contribution is 0.355. The van der Waals surface area contributed by atoms with Crippen molar-refractivity contribution in [3.05, 3.63) is 54.1 Å². The number of rotatable bonds is 4. The summed E-state index contributed by atoms with van der Waals surface area (Å²) in [5, 5.41) is 3.36. The van der Waals surface area contributed by atoms with Crippen molar-refractivity contribution >= 4 is 23.2 Å². The van der Waals surface area contributed by atoms with E-state index >= 15 is 0 Å². The monoisotopic (exact) mass is 294 g/mol. The lowest BCUT2D eigenvalue weighted by Gasteiger charge is -2.15. The molecular formula is C18H18N2O2. The molecule has 22 heavy (non-hydrogen) atoms. The average molecular weight is 294 g/mol. The summed E-state index contributed by atoms with van der Waals surface area (Å²) >= 11 is 0. The number of nitrogens with one attached hydrogen (secondary N) is 1. The van der Waals surface area contributed by atoms with Gasteiger partial charge in [0.15, 0.2) is 11.5 Å². The van der Waals surface area contributed by atoms with Gasteiger partial charge in [-0.3, -0.25) is 0 Å². The van der Waals surface area contributed by atoms with E-state index in [0.29, 0.717) is 0 Å². The molecule has 0 radical (unpaired) electrons. The minimum atomic E-state index is 0.721. The van der Waals surface area contributed by atoms with Gasteiger partial charge in [0, 0.05) is 0 Å². The summed E-state index contributed by atoms with van der Waals surface area (Å²) in [6.07, 6.45) is 4.04. The topological polar surface area (TPSA) is 42.8 Å². The van der Waals surface area contributed by atoms with Gasteiger partial charge in [-0.25, -0.2) is 4.99 Å². The summed E-state index contributed by atoms with van der Waals surface area (Å²) < 4.78 is 10.6. The highest BCUT2D eigenvalue weighted by atomic mass is 16.5. The SMILES string of the molecule is COc1ccc(C=CC2=Nc3ccccc3NC2)cc1OC. The Morgan fingerprint density at radius 3 is 2.64 bits per heavy atom. The van der Waals surface area contributed by atoms with Crippen molar-refractivity contribution in [2.24, 2.45) is 4.99 Å². The Hall–Kier alpha value is -2.75. The zero-order valence-electron chi connectivity index (χ0n) is 12.7. The molecule has 3 rings (SSSR count). The minimum absolute atomic E-state index is 0.721. The largest absolute Gasteiger partial charge is 0.493 e. The van der Waals surface area contributed by atoms with Crippen LogP contribution in [0.3, 0.4) is 0 Å². The van der Waals surface area contributed by atoms with Crippen LogP contribution in [0.25, 0.3) is 6.08 Å². The first-order valence-electron chi connectivity index (χ1n) is 7.11. The van der Waals surface area contributed by atoms with E-state index in [9.17, 15) is 0 Å². The van der Waals surface area contributed by atoms with E-state index in [4.69, 9.17) is 9.47 Å². The third-order valence-corrected chi connectivity index (χ3v) is 3.50. The van der Waals surface area contributed by atoms with Crippen LogP contribution in [0.1, 0.15) is 5.56 Å². The van der Waals surface area contributed by atoms with Crippen molar-refractivity contribution in [3.63, 3.8) is 0 Å². The Balaban J connectivity index is 1.82. The van der Waals surface area contributed by atoms with Gasteiger partial charge in [0.05, 0.1) is 37.9 Å². The molecule has 0 saturated carbocycles. The van der Waals surface area contributed by atoms with Gasteiger partial charge >= 0.3 is 0 Å². The fourth-order valence-electron chi connectivity index (χ4n) is 2.35. The molecule has 1 aliphatic heterocycles. The van der Waals surface area contributed by atoms with Crippen LogP contribution in [0.2, 0.25) is 0 Å². The molecule has 0 atom stereocenters. The van der Waals surface area contributed by atoms with E-state index in [2.05, 4.69) is 10.3 Å². The van der Waals surface area contributed by atoms with Crippen LogP contribution in [0, 0.1) is 0 Å². The van der Waals surface area contributed by atoms with Gasteiger partial charge in [0.2, 0.25) is 0 Å². The molecule has 0 aliphatic carbocycles. The summed E-state index contributed by atoms with van der Waals surface area (Å²) in [5.74, 6) is 1.45. The number of fused-ring (bicyclic) bond motifs is 1. The van der Waals surface area contributed by atoms with Gasteiger partial charge in [-0.05, 0) is 35.9 Å². The van der Waals surface area contributed by atoms with Gasteiger partial charge in [0.25, 0.3) is 0 Å². The number of hydrogen-bond donors (Lipinski definition) is 1. The predicted octanol–water partition coefficient (Wildman–Crippen LogP) is 3.92. The van der Waals surface area contributed by atoms with Gasteiger partial charge < -0.3 is 14.8 Å². The van der Waals surface area contributed by atoms with Gasteiger partial charge in [-0.1, -0.05) is 24.3 Å². The summed E-state index contributed by atoms with van der Waals surface area (Å²) in [6, 6.07) is 13.9. The molecule has 2 aromatic rings. The third-order valence-electron chi connectivity index (χ3n) is 3.50. The Morgan fingerprint density at radius 1 is 1.00 bits per heavy atom. The molecule has 0 spiro atoms. The molecule has 1 N–H and O–H groups in total. The molecule has 0 fully saturated rings. The molecule has 4 heteroatoms. The Morgan fingerprint density at radius 2 is 1.82 bits per heavy atom. The molecular weight excluding hydrogens is 276 g/mol. The lowest BCUT2D eigenvalue weighted by atomic mass is 10.1. The summed E-state index contributed by atoms with van der Waals surface area (Å²) in [5.41, 5.74) is 4.08. The van der Waals surface area contributed by atoms with Crippen molar-refractivity contribution in [2.45, 2.75) is 0 Å². The molecule has 0 unspecified atom stereocenters. The van der Waals surface area contributed by atoms with Crippen molar-refractivity contribution in [2.75, 3.05) is 26.1 Å². The first kappa shape index (κ1) is 14.2. The third kappa shape index (κ3) is 2.96. The number of anilines is 1. The Labute approximate surface area is 130 Å². The van der Waals surface area contributed by atoms with Gasteiger partial charge in [-0.15, -0.1) is 0 Å². The average Bonchev–Trinajstić information content (AvgIpc) is 2.59. The van der Waals surface area contributed by atoms with Crippen LogP contribution in [-0.2, 0) is 0 Å². The molecule has 1 heterocycles. The van der Waals surface area contributed by atoms with Crippen LogP contribution in [0.15, 0.2) is 53.5 Å². The number of hydrogen-bond acceptors (Lipinski definition) is 4. The zero-order chi connectivity index (χ0) is 15.4. The summed E-state index contributed by atoms with van der Waals surface area (Å²) in [4.78, 5) is 4.65. The molecule has 1 aliphatic rings. The Kier molecular flexibility index (Phi) is 4.10. The van der Waals surface area contributed by atoms with E-state index in [-0.39, 0.29) is 0 Å². The fraction of sp³-hybridized carbons (Fsp3) is 0.167. The van der Waals surface area contributed by atoms with E-state index in [1.165, 1.54) is 0 Å². The number of para-hydroxylation sites is 2. The molecule has 4 nitrogen and oxygen atoms in total. The van der Waals surface area contributed by atoms with Crippen molar-refractivity contribution in [1.29, 1.82) is 0 Å². The molecule has 2 aromatic carbocycles. The predicted molar refractivity (Wildman–Crippen MR) is 90.6 cm³/mol. The van der Waals surface area contributed by atoms with Crippen LogP contribution < -0.4 is 14.8 Å². The quantitative estimate of drug-likeness (QED) is 0.929. The van der Waals surface area contributed by atoms with E-state index in [1.54, 1.807) is 14.2 Å². The van der Waals surface area contributed by atoms with Crippen LogP contribution >= 0.6 is 0 Å². The van der Waals surface area contributed by atoms with Crippen molar-refractivity contribution < 1.29 is 9.47 Å². The highest BCUT2D eigenvalue weighted by molar-refractivity contribution is 6.05. The lowest BCUT2D eigenvalue weighted by Crippen LogP contribution is -2.15. The maximum atomic E-state index is 5.31. The first-order chi connectivity index (χ1) is 10.8. The maximum absolute atomic E-state index is 5.31. The first-order valence-corrected chi connectivity index (χ1v) is 7.11. The highest BCUT2D eigenvalue weighted by Crippen LogP contribution is 2.29. The Bertz CT molecular complexity index is 736. The van der Waals surface area contributed by atoms with Crippen LogP contribution in [0.4, 0.5) is 11.4 Å². The van der Waals surface area contributed by atoms with E-state index in [0.717, 1.165) is 40.7 Å². The van der Waals surface area contributed by atoms with E-state index in [1.807, 2.05) is 54.6 Å². The number of benzene rings is 2. The second-order valence-electron chi connectivity index (χ2n) is 4.92. The van der Waals surface area contributed by atoms with Gasteiger partial charge in [-0.2, -0.15) is 0 Å². The standard InChI is InChI=1S/C18H18N2O2/c1-21-17-10-8-13(11-18(17)22-2)7-9-14-12-19-15-5-3-4-6-16(15)20-14/h3-11,19H,12H2,1-2H3. The van der Waals surface area contributed by atoms with Crippen LogP contribution in [-0.4, -0.2) is 26.5 Å². The summed E-state index contributed by atoms with van der Waals surface area (Å²) in [6.45, 7) is 0.723. The normalized spacial score (nSPS) is 13.3. The minimum Gasteiger partial charge on any atom is -0.493 e. The number of ether oxygens (including phenoxy) is 2. The zero-order valence-corrected chi connectivity index (χ0v) is 12.7. The highest BCUT2D eigenvalue weighted by Gasteiger charge is 2.08. The van der Waals surface area contributed by atoms with Crippen molar-refractivity contribution in [1.82, 2.24) is 0 Å². The molecule has 0 bridgehead atoms. The maximum Gasteiger partial charge on any atom is 0.161 e. The number of nitrogens with zero attached hydrogens (tertiary/aromatic N) is 1. The number of aliphatic imine (C=N–C) groups is 1. The molecule has 0 amide bonds. The van der Waals surface area contributed by atoms with Gasteiger partial charge in [0.1, 0.15) is 0 Å². The second kappa shape index (κ2) is 6.35. The molecule has 0 saturated heterocycles. The number of methoxy groups -OCH3 is 2. The smallest absolute Gasteiger partial charge is 0.161 e. The van der Waals surface area contributed by atoms with Crippen molar-refractivity contribution in [3.8, 4) is 11.5 Å².